The van der Waals surface area contributed by atoms with E-state index in [1.165, 1.54) is 4.68 Å². The molecule has 116 valence electrons. The van der Waals surface area contributed by atoms with Crippen LogP contribution in [0.15, 0.2) is 23.0 Å². The van der Waals surface area contributed by atoms with E-state index in [1.807, 2.05) is 12.1 Å². The molecule has 1 aliphatic rings. The van der Waals surface area contributed by atoms with Crippen LogP contribution in [0.3, 0.4) is 0 Å². The van der Waals surface area contributed by atoms with Crippen molar-refractivity contribution in [1.29, 1.82) is 0 Å². The quantitative estimate of drug-likeness (QED) is 0.768. The summed E-state index contributed by atoms with van der Waals surface area (Å²) in [5.74, 6) is 0.284. The Morgan fingerprint density at radius 2 is 2.32 bits per heavy atom. The first-order chi connectivity index (χ1) is 10.7. The van der Waals surface area contributed by atoms with Crippen LogP contribution >= 0.6 is 0 Å². The molecule has 0 atom stereocenters. The van der Waals surface area contributed by atoms with Crippen molar-refractivity contribution in [1.82, 2.24) is 25.7 Å². The molecule has 2 N–H and O–H groups in total. The van der Waals surface area contributed by atoms with Crippen molar-refractivity contribution >= 4 is 5.91 Å². The van der Waals surface area contributed by atoms with E-state index in [1.54, 1.807) is 13.0 Å². The van der Waals surface area contributed by atoms with Crippen molar-refractivity contribution in [3.05, 3.63) is 39.8 Å². The lowest BCUT2D eigenvalue weighted by Gasteiger charge is -2.14. The number of amides is 1. The minimum Gasteiger partial charge on any atom is -0.273 e. The maximum atomic E-state index is 11.8. The van der Waals surface area contributed by atoms with Crippen molar-refractivity contribution in [2.75, 3.05) is 0 Å². The summed E-state index contributed by atoms with van der Waals surface area (Å²) < 4.78 is 1.20. The van der Waals surface area contributed by atoms with Gasteiger partial charge in [0, 0.05) is 12.0 Å². The molecule has 0 unspecified atom stereocenters. The van der Waals surface area contributed by atoms with E-state index in [0.717, 1.165) is 24.0 Å². The molecule has 0 saturated heterocycles. The molecule has 3 rings (SSSR count). The number of nitrogens with one attached hydrogen (secondary N) is 2. The number of hydrogen-bond acceptors (Lipinski definition) is 5. The van der Waals surface area contributed by atoms with E-state index >= 15 is 0 Å². The average Bonchev–Trinajstić information content (AvgIpc) is 3.29. The molecule has 0 aliphatic heterocycles. The molecular formula is C14H17N5O3. The van der Waals surface area contributed by atoms with E-state index in [0.29, 0.717) is 18.0 Å². The van der Waals surface area contributed by atoms with E-state index in [9.17, 15) is 9.59 Å². The number of H-pyrrole nitrogens is 1. The van der Waals surface area contributed by atoms with Crippen LogP contribution in [0.2, 0.25) is 0 Å². The van der Waals surface area contributed by atoms with Crippen molar-refractivity contribution in [2.45, 2.75) is 38.7 Å². The second-order valence-electron chi connectivity index (χ2n) is 5.20. The number of carbonyl (C=O) groups is 1. The highest BCUT2D eigenvalue weighted by Crippen LogP contribution is 2.42. The van der Waals surface area contributed by atoms with Gasteiger partial charge in [-0.2, -0.15) is 4.68 Å². The van der Waals surface area contributed by atoms with Crippen molar-refractivity contribution in [3.8, 4) is 5.69 Å². The predicted octanol–water partition coefficient (Wildman–Crippen LogP) is 0.791. The Morgan fingerprint density at radius 3 is 2.95 bits per heavy atom. The van der Waals surface area contributed by atoms with Crippen molar-refractivity contribution in [3.63, 3.8) is 0 Å². The number of tetrazole rings is 1. The molecule has 1 saturated carbocycles. The van der Waals surface area contributed by atoms with Crippen LogP contribution in [0.1, 0.15) is 43.2 Å². The highest BCUT2D eigenvalue weighted by atomic mass is 16.6. The minimum atomic E-state index is -0.410. The summed E-state index contributed by atoms with van der Waals surface area (Å²) >= 11 is 0. The monoisotopic (exact) mass is 303 g/mol. The van der Waals surface area contributed by atoms with Crippen molar-refractivity contribution < 1.29 is 9.63 Å². The fourth-order valence-corrected chi connectivity index (χ4v) is 2.34. The Morgan fingerprint density at radius 1 is 1.50 bits per heavy atom. The van der Waals surface area contributed by atoms with Crippen LogP contribution in [0.4, 0.5) is 0 Å². The Kier molecular flexibility index (Phi) is 4.01. The van der Waals surface area contributed by atoms with Gasteiger partial charge in [0.2, 0.25) is 5.91 Å². The second kappa shape index (κ2) is 6.10. The standard InChI is InChI=1S/C14H17N5O3/c1-2-13(20)16-22-8-11-10(9-6-7-9)4-3-5-12(11)19-14(21)15-17-18-19/h3-5,9H,2,6-8H2,1H3,(H,16,20)(H,15,18,21). The van der Waals surface area contributed by atoms with Gasteiger partial charge in [-0.3, -0.25) is 9.63 Å². The highest BCUT2D eigenvalue weighted by molar-refractivity contribution is 5.74. The molecule has 1 heterocycles. The number of hydroxylamine groups is 1. The average molecular weight is 303 g/mol. The Hall–Kier alpha value is -2.48. The predicted molar refractivity (Wildman–Crippen MR) is 77.2 cm³/mol. The number of rotatable bonds is 6. The Labute approximate surface area is 126 Å². The van der Waals surface area contributed by atoms with Crippen LogP contribution in [0.5, 0.6) is 0 Å². The summed E-state index contributed by atoms with van der Waals surface area (Å²) in [6, 6.07) is 5.70. The molecule has 8 nitrogen and oxygen atoms in total. The summed E-state index contributed by atoms with van der Waals surface area (Å²) in [5, 5.41) is 9.58. The number of nitrogens with zero attached hydrogens (tertiary/aromatic N) is 3. The van der Waals surface area contributed by atoms with Gasteiger partial charge in [0.05, 0.1) is 5.69 Å². The van der Waals surface area contributed by atoms with Gasteiger partial charge < -0.3 is 0 Å². The molecule has 8 heteroatoms. The summed E-state index contributed by atoms with van der Waals surface area (Å²) in [5.41, 5.74) is 4.56. The first kappa shape index (κ1) is 14.5. The third kappa shape index (κ3) is 2.91. The lowest BCUT2D eigenvalue weighted by molar-refractivity contribution is -0.134. The lowest BCUT2D eigenvalue weighted by Crippen LogP contribution is -2.24. The van der Waals surface area contributed by atoms with E-state index in [4.69, 9.17) is 4.84 Å². The summed E-state index contributed by atoms with van der Waals surface area (Å²) in [6.07, 6.45) is 2.58. The molecule has 0 bridgehead atoms. The molecule has 1 amide bonds. The van der Waals surface area contributed by atoms with Gasteiger partial charge >= 0.3 is 5.69 Å². The molecular weight excluding hydrogens is 286 g/mol. The molecule has 1 aromatic carbocycles. The van der Waals surface area contributed by atoms with Gasteiger partial charge in [-0.25, -0.2) is 15.4 Å². The van der Waals surface area contributed by atoms with Crippen LogP contribution in [0.25, 0.3) is 5.69 Å². The number of carbonyl (C=O) groups excluding carboxylic acids is 1. The molecule has 22 heavy (non-hydrogen) atoms. The van der Waals surface area contributed by atoms with Crippen LogP contribution in [0, 0.1) is 0 Å². The Balaban J connectivity index is 1.92. The smallest absolute Gasteiger partial charge is 0.273 e. The number of aromatic amines is 1. The fourth-order valence-electron chi connectivity index (χ4n) is 2.34. The highest BCUT2D eigenvalue weighted by Gasteiger charge is 2.28. The van der Waals surface area contributed by atoms with Crippen LogP contribution in [-0.4, -0.2) is 26.1 Å². The topological polar surface area (TPSA) is 102 Å². The van der Waals surface area contributed by atoms with Gasteiger partial charge in [0.25, 0.3) is 0 Å². The normalized spacial score (nSPS) is 14.0. The third-order valence-electron chi connectivity index (χ3n) is 3.63. The Bertz CT molecular complexity index is 732. The third-order valence-corrected chi connectivity index (χ3v) is 3.63. The first-order valence-electron chi connectivity index (χ1n) is 7.24. The SMILES string of the molecule is CCC(=O)NOCc1c(C2CC2)cccc1-n1nn[nH]c1=O. The molecule has 1 aliphatic carbocycles. The largest absolute Gasteiger partial charge is 0.365 e. The van der Waals surface area contributed by atoms with Gasteiger partial charge in [-0.05, 0) is 40.8 Å². The molecule has 2 aromatic rings. The minimum absolute atomic E-state index is 0.174. The molecule has 1 fully saturated rings. The van der Waals surface area contributed by atoms with Crippen LogP contribution in [-0.2, 0) is 16.2 Å². The van der Waals surface area contributed by atoms with Crippen LogP contribution < -0.4 is 11.2 Å². The number of benzene rings is 1. The summed E-state index contributed by atoms with van der Waals surface area (Å²) in [7, 11) is 0. The van der Waals surface area contributed by atoms with Gasteiger partial charge in [-0.1, -0.05) is 19.1 Å². The van der Waals surface area contributed by atoms with Gasteiger partial charge in [0.15, 0.2) is 0 Å². The van der Waals surface area contributed by atoms with Gasteiger partial charge in [0.1, 0.15) is 6.61 Å². The fraction of sp³-hybridized carbons (Fsp3) is 0.429. The second-order valence-corrected chi connectivity index (χ2v) is 5.20. The van der Waals surface area contributed by atoms with E-state index < -0.39 is 5.69 Å². The summed E-state index contributed by atoms with van der Waals surface area (Å²) in [6.45, 7) is 1.92. The zero-order chi connectivity index (χ0) is 15.5. The summed E-state index contributed by atoms with van der Waals surface area (Å²) in [4.78, 5) is 28.3. The van der Waals surface area contributed by atoms with E-state index in [-0.39, 0.29) is 12.5 Å². The van der Waals surface area contributed by atoms with Crippen molar-refractivity contribution in [2.24, 2.45) is 0 Å². The molecule has 0 radical (unpaired) electrons. The number of aromatic nitrogens is 4. The zero-order valence-electron chi connectivity index (χ0n) is 12.2. The lowest BCUT2D eigenvalue weighted by atomic mass is 10.0. The molecule has 0 spiro atoms. The maximum absolute atomic E-state index is 11.8. The maximum Gasteiger partial charge on any atom is 0.365 e. The van der Waals surface area contributed by atoms with E-state index in [2.05, 4.69) is 21.0 Å². The number of hydrogen-bond donors (Lipinski definition) is 2. The first-order valence-corrected chi connectivity index (χ1v) is 7.24. The van der Waals surface area contributed by atoms with Gasteiger partial charge in [-0.15, -0.1) is 0 Å². The molecule has 1 aromatic heterocycles. The zero-order valence-corrected chi connectivity index (χ0v) is 12.2.